The molecule has 1 heterocycles. The molecule has 2 N–H and O–H groups in total. The number of sulfonamides is 1. The molecule has 0 unspecified atom stereocenters. The first-order valence-electron chi connectivity index (χ1n) is 5.84. The molecule has 0 saturated heterocycles. The van der Waals surface area contributed by atoms with E-state index in [1.807, 2.05) is 6.92 Å². The van der Waals surface area contributed by atoms with Crippen LogP contribution < -0.4 is 5.73 Å². The van der Waals surface area contributed by atoms with Gasteiger partial charge in [0.25, 0.3) is 0 Å². The van der Waals surface area contributed by atoms with E-state index in [0.29, 0.717) is 0 Å². The van der Waals surface area contributed by atoms with Crippen LogP contribution >= 0.6 is 22.9 Å². The summed E-state index contributed by atoms with van der Waals surface area (Å²) in [6.07, 6.45) is 1.62. The molecule has 2 aromatic rings. The van der Waals surface area contributed by atoms with E-state index in [1.54, 1.807) is 6.20 Å². The van der Waals surface area contributed by atoms with Gasteiger partial charge >= 0.3 is 0 Å². The van der Waals surface area contributed by atoms with Gasteiger partial charge in [0, 0.05) is 24.7 Å². The maximum Gasteiger partial charge on any atom is 0.244 e. The maximum absolute atomic E-state index is 13.3. The Hall–Kier alpha value is -1.22. The van der Waals surface area contributed by atoms with E-state index >= 15 is 0 Å². The molecule has 0 spiro atoms. The Bertz CT molecular complexity index is 777. The van der Waals surface area contributed by atoms with Gasteiger partial charge in [-0.25, -0.2) is 17.8 Å². The number of hydrogen-bond donors (Lipinski definition) is 1. The molecule has 0 fully saturated rings. The Labute approximate surface area is 131 Å². The Morgan fingerprint density at radius 2 is 2.14 bits per heavy atom. The summed E-state index contributed by atoms with van der Waals surface area (Å²) in [7, 11) is -2.45. The van der Waals surface area contributed by atoms with Crippen molar-refractivity contribution in [3.8, 4) is 0 Å². The third kappa shape index (κ3) is 3.34. The molecule has 0 aliphatic heterocycles. The Kier molecular flexibility index (Phi) is 4.52. The van der Waals surface area contributed by atoms with Gasteiger partial charge in [0.15, 0.2) is 0 Å². The fraction of sp³-hybridized carbons (Fsp3) is 0.250. The zero-order valence-electron chi connectivity index (χ0n) is 11.3. The molecule has 114 valence electrons. The molecule has 2 rings (SSSR count). The topological polar surface area (TPSA) is 76.3 Å². The third-order valence-corrected chi connectivity index (χ3v) is 5.95. The van der Waals surface area contributed by atoms with E-state index in [2.05, 4.69) is 4.98 Å². The summed E-state index contributed by atoms with van der Waals surface area (Å²) in [6.45, 7) is 1.99. The lowest BCUT2D eigenvalue weighted by atomic mass is 10.3. The number of nitrogens with zero attached hydrogens (tertiary/aromatic N) is 2. The highest BCUT2D eigenvalue weighted by molar-refractivity contribution is 7.89. The summed E-state index contributed by atoms with van der Waals surface area (Å²) in [5, 5.41) is 0.647. The Morgan fingerprint density at radius 1 is 1.48 bits per heavy atom. The monoisotopic (exact) mass is 349 g/mol. The van der Waals surface area contributed by atoms with Gasteiger partial charge in [-0.05, 0) is 19.1 Å². The van der Waals surface area contributed by atoms with Crippen LogP contribution in [0.1, 0.15) is 9.88 Å². The second-order valence-electron chi connectivity index (χ2n) is 4.41. The number of aromatic nitrogens is 1. The van der Waals surface area contributed by atoms with Crippen molar-refractivity contribution in [2.75, 3.05) is 12.8 Å². The molecule has 9 heteroatoms. The van der Waals surface area contributed by atoms with Gasteiger partial charge in [-0.2, -0.15) is 4.31 Å². The van der Waals surface area contributed by atoms with E-state index in [9.17, 15) is 12.8 Å². The number of benzene rings is 1. The number of anilines is 1. The molecule has 21 heavy (non-hydrogen) atoms. The van der Waals surface area contributed by atoms with Crippen molar-refractivity contribution >= 4 is 38.6 Å². The molecule has 0 saturated carbocycles. The van der Waals surface area contributed by atoms with Crippen LogP contribution in [0.25, 0.3) is 0 Å². The van der Waals surface area contributed by atoms with Crippen LogP contribution in [-0.2, 0) is 16.6 Å². The minimum absolute atomic E-state index is 0.154. The van der Waals surface area contributed by atoms with E-state index < -0.39 is 15.8 Å². The van der Waals surface area contributed by atoms with E-state index in [4.69, 9.17) is 17.3 Å². The first kappa shape index (κ1) is 16.2. The first-order chi connectivity index (χ1) is 9.71. The average molecular weight is 350 g/mol. The Balaban J connectivity index is 2.35. The van der Waals surface area contributed by atoms with Gasteiger partial charge in [0.05, 0.1) is 15.7 Å². The van der Waals surface area contributed by atoms with Gasteiger partial charge in [0.2, 0.25) is 10.0 Å². The lowest BCUT2D eigenvalue weighted by Gasteiger charge is -2.17. The van der Waals surface area contributed by atoms with E-state index in [-0.39, 0.29) is 22.2 Å². The van der Waals surface area contributed by atoms with Crippen LogP contribution in [0.2, 0.25) is 5.02 Å². The highest BCUT2D eigenvalue weighted by Crippen LogP contribution is 2.29. The third-order valence-electron chi connectivity index (χ3n) is 2.79. The smallest absolute Gasteiger partial charge is 0.244 e. The minimum atomic E-state index is -3.86. The number of hydrogen-bond acceptors (Lipinski definition) is 5. The standard InChI is InChI=1S/C12H13ClFN3O2S2/c1-7-16-5-8(20-7)6-17(2)21(18,19)12-4-11(15)10(14)3-9(12)13/h3-5H,6,15H2,1-2H3. The highest BCUT2D eigenvalue weighted by Gasteiger charge is 2.25. The van der Waals surface area contributed by atoms with E-state index in [0.717, 1.165) is 26.3 Å². The number of rotatable bonds is 4. The SMILES string of the molecule is Cc1ncc(CN(C)S(=O)(=O)c2cc(N)c(F)cc2Cl)s1. The molecule has 1 aromatic carbocycles. The summed E-state index contributed by atoms with van der Waals surface area (Å²) in [5.74, 6) is -0.750. The van der Waals surface area contributed by atoms with Crippen LogP contribution in [0.15, 0.2) is 23.2 Å². The number of thiazole rings is 1. The van der Waals surface area contributed by atoms with Crippen molar-refractivity contribution in [2.45, 2.75) is 18.4 Å². The number of nitrogen functional groups attached to an aromatic ring is 1. The second-order valence-corrected chi connectivity index (χ2v) is 8.15. The first-order valence-corrected chi connectivity index (χ1v) is 8.47. The summed E-state index contributed by atoms with van der Waals surface area (Å²) in [4.78, 5) is 4.65. The van der Waals surface area contributed by atoms with Gasteiger partial charge in [0.1, 0.15) is 10.7 Å². The van der Waals surface area contributed by atoms with Gasteiger partial charge < -0.3 is 5.73 Å². The lowest BCUT2D eigenvalue weighted by Crippen LogP contribution is -2.26. The lowest BCUT2D eigenvalue weighted by molar-refractivity contribution is 0.469. The fourth-order valence-electron chi connectivity index (χ4n) is 1.69. The predicted octanol–water partition coefficient (Wildman–Crippen LogP) is 2.65. The zero-order valence-corrected chi connectivity index (χ0v) is 13.7. The highest BCUT2D eigenvalue weighted by atomic mass is 35.5. The van der Waals surface area contributed by atoms with Crippen LogP contribution in [0.4, 0.5) is 10.1 Å². The van der Waals surface area contributed by atoms with Crippen LogP contribution in [0, 0.1) is 12.7 Å². The molecule has 0 radical (unpaired) electrons. The molecule has 0 amide bonds. The van der Waals surface area contributed by atoms with E-state index in [1.165, 1.54) is 18.4 Å². The number of halogens is 2. The van der Waals surface area contributed by atoms with Gasteiger partial charge in [-0.1, -0.05) is 11.6 Å². The summed E-state index contributed by atoms with van der Waals surface area (Å²) < 4.78 is 39.3. The molecule has 0 bridgehead atoms. The van der Waals surface area contributed by atoms with Crippen molar-refractivity contribution in [2.24, 2.45) is 0 Å². The van der Waals surface area contributed by atoms with Crippen molar-refractivity contribution in [3.63, 3.8) is 0 Å². The molecule has 5 nitrogen and oxygen atoms in total. The quantitative estimate of drug-likeness (QED) is 0.861. The molecular formula is C12H13ClFN3O2S2. The largest absolute Gasteiger partial charge is 0.396 e. The van der Waals surface area contributed by atoms with Crippen LogP contribution in [-0.4, -0.2) is 24.8 Å². The molecule has 1 aromatic heterocycles. The van der Waals surface area contributed by atoms with Crippen molar-refractivity contribution in [3.05, 3.63) is 39.1 Å². The molecule has 0 aliphatic rings. The normalized spacial score (nSPS) is 12.0. The van der Waals surface area contributed by atoms with Crippen molar-refractivity contribution in [1.82, 2.24) is 9.29 Å². The summed E-state index contributed by atoms with van der Waals surface area (Å²) >= 11 is 7.23. The number of aryl methyl sites for hydroxylation is 1. The summed E-state index contributed by atoms with van der Waals surface area (Å²) in [5.41, 5.74) is 5.15. The predicted molar refractivity (Wildman–Crippen MR) is 81.3 cm³/mol. The van der Waals surface area contributed by atoms with Crippen LogP contribution in [0.3, 0.4) is 0 Å². The zero-order chi connectivity index (χ0) is 15.8. The maximum atomic E-state index is 13.3. The number of nitrogens with two attached hydrogens (primary N) is 1. The average Bonchev–Trinajstić information content (AvgIpc) is 2.79. The van der Waals surface area contributed by atoms with Crippen molar-refractivity contribution in [1.29, 1.82) is 0 Å². The van der Waals surface area contributed by atoms with Crippen LogP contribution in [0.5, 0.6) is 0 Å². The minimum Gasteiger partial charge on any atom is -0.396 e. The summed E-state index contributed by atoms with van der Waals surface area (Å²) in [6, 6.07) is 1.93. The molecule has 0 atom stereocenters. The Morgan fingerprint density at radius 3 is 2.71 bits per heavy atom. The molecular weight excluding hydrogens is 337 g/mol. The second kappa shape index (κ2) is 5.88. The van der Waals surface area contributed by atoms with Gasteiger partial charge in [-0.3, -0.25) is 0 Å². The molecule has 0 aliphatic carbocycles. The fourth-order valence-corrected chi connectivity index (χ4v) is 4.29. The van der Waals surface area contributed by atoms with Crippen molar-refractivity contribution < 1.29 is 12.8 Å². The van der Waals surface area contributed by atoms with Gasteiger partial charge in [-0.15, -0.1) is 11.3 Å².